The fourth-order valence-corrected chi connectivity index (χ4v) is 11.9. The van der Waals surface area contributed by atoms with Gasteiger partial charge in [-0.25, -0.2) is 9.13 Å². The summed E-state index contributed by atoms with van der Waals surface area (Å²) in [6.07, 6.45) is 40.3. The first-order valence-corrected chi connectivity index (χ1v) is 38.7. The van der Waals surface area contributed by atoms with E-state index < -0.39 is 97.5 Å². The van der Waals surface area contributed by atoms with E-state index in [9.17, 15) is 43.2 Å². The van der Waals surface area contributed by atoms with Gasteiger partial charge in [0, 0.05) is 25.7 Å². The van der Waals surface area contributed by atoms with Gasteiger partial charge in [-0.1, -0.05) is 287 Å². The molecule has 0 bridgehead atoms. The van der Waals surface area contributed by atoms with Gasteiger partial charge in [0.05, 0.1) is 26.4 Å². The van der Waals surface area contributed by atoms with Crippen molar-refractivity contribution in [2.75, 3.05) is 39.6 Å². The van der Waals surface area contributed by atoms with Gasteiger partial charge in [0.2, 0.25) is 0 Å². The summed E-state index contributed by atoms with van der Waals surface area (Å²) in [6, 6.07) is 0. The Morgan fingerprint density at radius 1 is 0.318 bits per heavy atom. The SMILES string of the molecule is CCC(C)CCCCCCCCCCC(=O)OC[C@H](COP(=O)(O)OCC(O)COP(=O)(O)OC[C@@H](COC(=O)CCCCCCCCCCC(C)C)OC(=O)CCCCCCCCCCCC(C)C)OC(=O)CCCCCCCCCCCCC(C)C. The van der Waals surface area contributed by atoms with E-state index in [1.807, 2.05) is 0 Å². The predicted molar refractivity (Wildman–Crippen MR) is 354 cm³/mol. The van der Waals surface area contributed by atoms with Gasteiger partial charge in [0.15, 0.2) is 12.2 Å². The van der Waals surface area contributed by atoms with E-state index in [1.165, 1.54) is 141 Å². The number of carbonyl (C=O) groups excluding carboxylic acids is 4. The molecular weight excluding hydrogens is 1160 g/mol. The van der Waals surface area contributed by atoms with Crippen LogP contribution in [0.5, 0.6) is 0 Å². The first-order valence-electron chi connectivity index (χ1n) is 35.7. The van der Waals surface area contributed by atoms with Crippen molar-refractivity contribution in [3.63, 3.8) is 0 Å². The molecule has 0 radical (unpaired) electrons. The Bertz CT molecular complexity index is 1750. The molecule has 0 aliphatic carbocycles. The second-order valence-corrected chi connectivity index (χ2v) is 29.5. The van der Waals surface area contributed by atoms with Gasteiger partial charge in [-0.05, 0) is 49.4 Å². The van der Waals surface area contributed by atoms with Crippen LogP contribution in [0.4, 0.5) is 0 Å². The summed E-state index contributed by atoms with van der Waals surface area (Å²) in [7, 11) is -9.90. The van der Waals surface area contributed by atoms with Crippen LogP contribution in [-0.2, 0) is 65.4 Å². The van der Waals surface area contributed by atoms with E-state index in [0.29, 0.717) is 25.7 Å². The van der Waals surface area contributed by atoms with Crippen LogP contribution in [-0.4, -0.2) is 96.7 Å². The van der Waals surface area contributed by atoms with Crippen molar-refractivity contribution in [3.8, 4) is 0 Å². The third kappa shape index (κ3) is 61.6. The molecule has 522 valence electrons. The maximum absolute atomic E-state index is 13.0. The largest absolute Gasteiger partial charge is 0.472 e. The second kappa shape index (κ2) is 58.8. The molecule has 0 aliphatic rings. The van der Waals surface area contributed by atoms with E-state index in [-0.39, 0.29) is 25.7 Å². The zero-order valence-corrected chi connectivity index (χ0v) is 59.1. The minimum Gasteiger partial charge on any atom is -0.462 e. The molecule has 0 spiro atoms. The summed E-state index contributed by atoms with van der Waals surface area (Å²) in [4.78, 5) is 72.5. The minimum atomic E-state index is -4.95. The van der Waals surface area contributed by atoms with Crippen molar-refractivity contribution in [2.24, 2.45) is 23.7 Å². The lowest BCUT2D eigenvalue weighted by atomic mass is 9.99. The van der Waals surface area contributed by atoms with E-state index in [1.54, 1.807) is 0 Å². The van der Waals surface area contributed by atoms with Gasteiger partial charge in [-0.2, -0.15) is 0 Å². The van der Waals surface area contributed by atoms with Crippen molar-refractivity contribution >= 4 is 39.5 Å². The number of aliphatic hydroxyl groups is 1. The molecule has 19 heteroatoms. The Labute approximate surface area is 537 Å². The van der Waals surface area contributed by atoms with Gasteiger partial charge >= 0.3 is 39.5 Å². The first kappa shape index (κ1) is 86.1. The highest BCUT2D eigenvalue weighted by Gasteiger charge is 2.30. The molecule has 17 nitrogen and oxygen atoms in total. The van der Waals surface area contributed by atoms with E-state index in [4.69, 9.17) is 37.0 Å². The molecule has 3 N–H and O–H groups in total. The third-order valence-electron chi connectivity index (χ3n) is 16.2. The van der Waals surface area contributed by atoms with E-state index in [0.717, 1.165) is 114 Å². The molecule has 0 heterocycles. The van der Waals surface area contributed by atoms with Crippen LogP contribution < -0.4 is 0 Å². The molecule has 0 aromatic carbocycles. The summed E-state index contributed by atoms with van der Waals surface area (Å²) in [5, 5.41) is 10.6. The molecule has 0 amide bonds. The number of hydrogen-bond acceptors (Lipinski definition) is 15. The molecule has 6 atom stereocenters. The smallest absolute Gasteiger partial charge is 0.462 e. The average Bonchev–Trinajstić information content (AvgIpc) is 3.57. The summed E-state index contributed by atoms with van der Waals surface area (Å²) in [5.41, 5.74) is 0. The number of hydrogen-bond donors (Lipinski definition) is 3. The number of rotatable bonds is 66. The maximum Gasteiger partial charge on any atom is 0.472 e. The highest BCUT2D eigenvalue weighted by molar-refractivity contribution is 7.47. The van der Waals surface area contributed by atoms with Crippen molar-refractivity contribution in [1.29, 1.82) is 0 Å². The molecule has 0 saturated heterocycles. The number of phosphoric ester groups is 2. The monoisotopic (exact) mass is 1300 g/mol. The number of carbonyl (C=O) groups is 4. The number of esters is 4. The Morgan fingerprint density at radius 3 is 0.807 bits per heavy atom. The van der Waals surface area contributed by atoms with Gasteiger partial charge < -0.3 is 33.8 Å². The number of phosphoric acid groups is 2. The third-order valence-corrected chi connectivity index (χ3v) is 18.1. The maximum atomic E-state index is 13.0. The minimum absolute atomic E-state index is 0.104. The quantitative estimate of drug-likeness (QED) is 0.0222. The topological polar surface area (TPSA) is 237 Å². The van der Waals surface area contributed by atoms with E-state index >= 15 is 0 Å². The van der Waals surface area contributed by atoms with Gasteiger partial charge in [0.25, 0.3) is 0 Å². The van der Waals surface area contributed by atoms with E-state index in [2.05, 4.69) is 55.4 Å². The Kier molecular flexibility index (Phi) is 57.6. The first-order chi connectivity index (χ1) is 42.1. The Morgan fingerprint density at radius 2 is 0.545 bits per heavy atom. The molecule has 0 fully saturated rings. The lowest BCUT2D eigenvalue weighted by Gasteiger charge is -2.21. The van der Waals surface area contributed by atoms with Crippen LogP contribution in [0.3, 0.4) is 0 Å². The highest BCUT2D eigenvalue weighted by Crippen LogP contribution is 2.45. The molecular formula is C69H134O17P2. The van der Waals surface area contributed by atoms with Crippen LogP contribution in [0.2, 0.25) is 0 Å². The number of unbranched alkanes of at least 4 members (excludes halogenated alkanes) is 31. The van der Waals surface area contributed by atoms with Gasteiger partial charge in [0.1, 0.15) is 19.3 Å². The summed E-state index contributed by atoms with van der Waals surface area (Å²) < 4.78 is 68.2. The molecule has 4 unspecified atom stereocenters. The van der Waals surface area contributed by atoms with Crippen molar-refractivity contribution in [1.82, 2.24) is 0 Å². The van der Waals surface area contributed by atoms with Gasteiger partial charge in [-0.15, -0.1) is 0 Å². The van der Waals surface area contributed by atoms with Crippen molar-refractivity contribution in [3.05, 3.63) is 0 Å². The normalized spacial score (nSPS) is 14.6. The van der Waals surface area contributed by atoms with Crippen LogP contribution in [0.1, 0.15) is 338 Å². The molecule has 88 heavy (non-hydrogen) atoms. The number of ether oxygens (including phenoxy) is 4. The summed E-state index contributed by atoms with van der Waals surface area (Å²) in [6.45, 7) is 14.1. The molecule has 0 aromatic heterocycles. The van der Waals surface area contributed by atoms with Crippen molar-refractivity contribution in [2.45, 2.75) is 356 Å². The molecule has 0 rings (SSSR count). The van der Waals surface area contributed by atoms with Crippen LogP contribution in [0, 0.1) is 23.7 Å². The van der Waals surface area contributed by atoms with Crippen LogP contribution >= 0.6 is 15.6 Å². The molecule has 0 aromatic rings. The van der Waals surface area contributed by atoms with Gasteiger partial charge in [-0.3, -0.25) is 37.3 Å². The van der Waals surface area contributed by atoms with Crippen LogP contribution in [0.25, 0.3) is 0 Å². The summed E-state index contributed by atoms with van der Waals surface area (Å²) >= 11 is 0. The average molecular weight is 1300 g/mol. The lowest BCUT2D eigenvalue weighted by Crippen LogP contribution is -2.30. The second-order valence-electron chi connectivity index (χ2n) is 26.6. The fourth-order valence-electron chi connectivity index (χ4n) is 10.3. The highest BCUT2D eigenvalue weighted by atomic mass is 31.2. The molecule has 0 aliphatic heterocycles. The predicted octanol–water partition coefficient (Wildman–Crippen LogP) is 19.3. The zero-order chi connectivity index (χ0) is 65.4. The zero-order valence-electron chi connectivity index (χ0n) is 57.3. The standard InChI is InChI=1S/C69H134O17P2/c1-9-62(8)48-40-32-24-18-20-26-34-42-50-67(72)80-56-64(85-68(73)51-43-35-27-15-11-10-13-21-29-37-45-59(2)3)57-83-87(75,76)81-53-63(70)54-82-88(77,78)84-58-65(55-79-66(71)49-41-33-25-19-17-23-31-39-47-61(6)7)86-69(74)52-44-36-28-16-12-14-22-30-38-46-60(4)5/h59-65,70H,9-58H2,1-8H3,(H,75,76)(H,77,78)/t62?,63?,64-,65-/m1/s1. The fraction of sp³-hybridized carbons (Fsp3) is 0.942. The Hall–Kier alpha value is -1.94. The molecule has 0 saturated carbocycles. The van der Waals surface area contributed by atoms with Crippen LogP contribution in [0.15, 0.2) is 0 Å². The lowest BCUT2D eigenvalue weighted by molar-refractivity contribution is -0.161. The Balaban J connectivity index is 5.27. The summed E-state index contributed by atoms with van der Waals surface area (Å²) in [5.74, 6) is 0.861. The van der Waals surface area contributed by atoms with Crippen molar-refractivity contribution < 1.29 is 80.2 Å². The number of aliphatic hydroxyl groups excluding tert-OH is 1.